The molecule has 0 aliphatic heterocycles. The molecule has 0 bridgehead atoms. The number of rotatable bonds is 6. The normalized spacial score (nSPS) is 10.7. The van der Waals surface area contributed by atoms with Gasteiger partial charge in [-0.3, -0.25) is 10.1 Å². The van der Waals surface area contributed by atoms with E-state index >= 15 is 0 Å². The number of fused-ring (bicyclic) bond motifs is 1. The Kier molecular flexibility index (Phi) is 5.32. The number of carbonyl (C=O) groups is 1. The zero-order valence-electron chi connectivity index (χ0n) is 15.9. The third kappa shape index (κ3) is 3.74. The molecule has 0 aliphatic carbocycles. The van der Waals surface area contributed by atoms with Crippen molar-refractivity contribution in [2.75, 3.05) is 26.6 Å². The molecule has 4 aromatic rings. The molecule has 0 saturated carbocycles. The Morgan fingerprint density at radius 3 is 2.38 bits per heavy atom. The van der Waals surface area contributed by atoms with Crippen LogP contribution in [0.15, 0.2) is 41.8 Å². The van der Waals surface area contributed by atoms with E-state index in [9.17, 15) is 4.79 Å². The lowest BCUT2D eigenvalue weighted by Gasteiger charge is -2.13. The van der Waals surface area contributed by atoms with Gasteiger partial charge in [-0.1, -0.05) is 12.1 Å². The number of ether oxygens (including phenoxy) is 3. The molecular formula is C20H17N3O4S2. The molecular weight excluding hydrogens is 410 g/mol. The minimum absolute atomic E-state index is 0.325. The number of aromatic nitrogens is 2. The molecule has 29 heavy (non-hydrogen) atoms. The minimum Gasteiger partial charge on any atom is -0.493 e. The van der Waals surface area contributed by atoms with Gasteiger partial charge in [0.05, 0.1) is 31.5 Å². The number of hydrogen-bond donors (Lipinski definition) is 1. The van der Waals surface area contributed by atoms with Crippen LogP contribution in [0.1, 0.15) is 10.4 Å². The molecule has 4 rings (SSSR count). The Hall–Kier alpha value is -3.17. The fraction of sp³-hybridized carbons (Fsp3) is 0.150. The molecule has 0 radical (unpaired) electrons. The maximum absolute atomic E-state index is 12.7. The zero-order valence-corrected chi connectivity index (χ0v) is 17.5. The molecule has 2 aromatic carbocycles. The first-order valence-corrected chi connectivity index (χ1v) is 10.3. The van der Waals surface area contributed by atoms with Gasteiger partial charge in [0, 0.05) is 10.9 Å². The van der Waals surface area contributed by atoms with E-state index in [2.05, 4.69) is 15.3 Å². The summed E-state index contributed by atoms with van der Waals surface area (Å²) in [5.41, 5.74) is 2.04. The van der Waals surface area contributed by atoms with Crippen LogP contribution >= 0.6 is 22.7 Å². The van der Waals surface area contributed by atoms with Crippen LogP contribution < -0.4 is 19.5 Å². The van der Waals surface area contributed by atoms with Gasteiger partial charge in [-0.05, 0) is 24.3 Å². The third-order valence-corrected chi connectivity index (χ3v) is 5.98. The van der Waals surface area contributed by atoms with Gasteiger partial charge in [0.2, 0.25) is 5.75 Å². The van der Waals surface area contributed by atoms with Crippen LogP contribution in [0.25, 0.3) is 20.9 Å². The van der Waals surface area contributed by atoms with Crippen molar-refractivity contribution in [1.82, 2.24) is 9.97 Å². The van der Waals surface area contributed by atoms with Crippen LogP contribution in [0.2, 0.25) is 0 Å². The molecule has 0 aliphatic rings. The van der Waals surface area contributed by atoms with Gasteiger partial charge in [-0.15, -0.1) is 22.7 Å². The lowest BCUT2D eigenvalue weighted by molar-refractivity contribution is 0.102. The number of anilines is 1. The summed E-state index contributed by atoms with van der Waals surface area (Å²) in [6.45, 7) is 0. The molecule has 1 N–H and O–H groups in total. The largest absolute Gasteiger partial charge is 0.493 e. The molecule has 0 fully saturated rings. The minimum atomic E-state index is -0.325. The van der Waals surface area contributed by atoms with Crippen molar-refractivity contribution >= 4 is 43.9 Å². The lowest BCUT2D eigenvalue weighted by Crippen LogP contribution is -2.12. The number of benzene rings is 2. The van der Waals surface area contributed by atoms with Crippen molar-refractivity contribution in [3.63, 3.8) is 0 Å². The van der Waals surface area contributed by atoms with E-state index in [-0.39, 0.29) is 5.91 Å². The van der Waals surface area contributed by atoms with Crippen LogP contribution in [0.4, 0.5) is 5.13 Å². The Balaban J connectivity index is 1.58. The van der Waals surface area contributed by atoms with Gasteiger partial charge >= 0.3 is 0 Å². The highest BCUT2D eigenvalue weighted by Crippen LogP contribution is 2.38. The van der Waals surface area contributed by atoms with E-state index in [4.69, 9.17) is 14.2 Å². The monoisotopic (exact) mass is 427 g/mol. The van der Waals surface area contributed by atoms with E-state index in [0.29, 0.717) is 27.9 Å². The Labute approximate surface area is 174 Å². The van der Waals surface area contributed by atoms with Crippen molar-refractivity contribution in [3.8, 4) is 28.0 Å². The van der Waals surface area contributed by atoms with E-state index < -0.39 is 0 Å². The lowest BCUT2D eigenvalue weighted by atomic mass is 10.1. The maximum Gasteiger partial charge on any atom is 0.257 e. The van der Waals surface area contributed by atoms with Crippen LogP contribution in [0, 0.1) is 0 Å². The summed E-state index contributed by atoms with van der Waals surface area (Å²) in [5, 5.41) is 5.99. The molecule has 0 unspecified atom stereocenters. The Bertz CT molecular complexity index is 1130. The summed E-state index contributed by atoms with van der Waals surface area (Å²) in [7, 11) is 4.52. The van der Waals surface area contributed by atoms with E-state index in [1.165, 1.54) is 32.7 Å². The van der Waals surface area contributed by atoms with Crippen molar-refractivity contribution in [3.05, 3.63) is 47.3 Å². The zero-order chi connectivity index (χ0) is 20.4. The summed E-state index contributed by atoms with van der Waals surface area (Å²) in [6.07, 6.45) is 0. The molecule has 1 amide bonds. The second-order valence-corrected chi connectivity index (χ2v) is 7.78. The van der Waals surface area contributed by atoms with Crippen LogP contribution in [0.3, 0.4) is 0 Å². The molecule has 0 atom stereocenters. The molecule has 0 spiro atoms. The first-order valence-electron chi connectivity index (χ1n) is 8.55. The summed E-state index contributed by atoms with van der Waals surface area (Å²) in [4.78, 5) is 21.8. The molecule has 2 aromatic heterocycles. The molecule has 7 nitrogen and oxygen atoms in total. The second-order valence-electron chi connectivity index (χ2n) is 5.89. The number of para-hydroxylation sites is 1. The maximum atomic E-state index is 12.7. The Morgan fingerprint density at radius 1 is 1.00 bits per heavy atom. The fourth-order valence-corrected chi connectivity index (χ4v) is 4.48. The average molecular weight is 428 g/mol. The van der Waals surface area contributed by atoms with Gasteiger partial charge in [-0.2, -0.15) is 0 Å². The van der Waals surface area contributed by atoms with Gasteiger partial charge in [-0.25, -0.2) is 9.97 Å². The van der Waals surface area contributed by atoms with Gasteiger partial charge in [0.25, 0.3) is 5.91 Å². The molecule has 0 saturated heterocycles. The van der Waals surface area contributed by atoms with Crippen molar-refractivity contribution in [2.24, 2.45) is 0 Å². The van der Waals surface area contributed by atoms with E-state index in [1.54, 1.807) is 23.5 Å². The first kappa shape index (κ1) is 19.2. The third-order valence-electron chi connectivity index (χ3n) is 4.16. The average Bonchev–Trinajstić information content (AvgIpc) is 3.39. The highest BCUT2D eigenvalue weighted by Gasteiger charge is 2.18. The molecule has 148 valence electrons. The van der Waals surface area contributed by atoms with Crippen LogP contribution in [-0.4, -0.2) is 37.2 Å². The summed E-state index contributed by atoms with van der Waals surface area (Å²) >= 11 is 2.91. The summed E-state index contributed by atoms with van der Waals surface area (Å²) in [6, 6.07) is 11.1. The number of carbonyl (C=O) groups excluding carboxylic acids is 1. The predicted octanol–water partition coefficient (Wildman–Crippen LogP) is 4.70. The number of nitrogens with zero attached hydrogens (tertiary/aromatic N) is 2. The predicted molar refractivity (Wildman–Crippen MR) is 115 cm³/mol. The standard InChI is InChI=1S/C20H17N3O4S2/c1-25-14-8-11(9-15(26-2)17(14)27-3)18(24)23-20-22-13(10-28-20)19-21-12-6-4-5-7-16(12)29-19/h4-10H,1-3H3,(H,22,23,24). The van der Waals surface area contributed by atoms with Crippen molar-refractivity contribution < 1.29 is 19.0 Å². The van der Waals surface area contributed by atoms with Crippen molar-refractivity contribution in [2.45, 2.75) is 0 Å². The highest BCUT2D eigenvalue weighted by atomic mass is 32.1. The van der Waals surface area contributed by atoms with Crippen LogP contribution in [-0.2, 0) is 0 Å². The van der Waals surface area contributed by atoms with Gasteiger partial charge in [0.1, 0.15) is 10.7 Å². The first-order chi connectivity index (χ1) is 14.1. The van der Waals surface area contributed by atoms with Crippen molar-refractivity contribution in [1.29, 1.82) is 0 Å². The van der Waals surface area contributed by atoms with Crippen LogP contribution in [0.5, 0.6) is 17.2 Å². The topological polar surface area (TPSA) is 82.6 Å². The summed E-state index contributed by atoms with van der Waals surface area (Å²) < 4.78 is 17.0. The number of amides is 1. The second kappa shape index (κ2) is 8.06. The number of methoxy groups -OCH3 is 3. The number of thiazole rings is 2. The van der Waals surface area contributed by atoms with E-state index in [0.717, 1.165) is 20.9 Å². The quantitative estimate of drug-likeness (QED) is 0.480. The van der Waals surface area contributed by atoms with Gasteiger partial charge in [0.15, 0.2) is 16.6 Å². The summed E-state index contributed by atoms with van der Waals surface area (Å²) in [5.74, 6) is 0.922. The number of nitrogens with one attached hydrogen (secondary N) is 1. The number of hydrogen-bond acceptors (Lipinski definition) is 8. The fourth-order valence-electron chi connectivity index (χ4n) is 2.79. The SMILES string of the molecule is COc1cc(C(=O)Nc2nc(-c3nc4ccccc4s3)cs2)cc(OC)c1OC. The highest BCUT2D eigenvalue weighted by molar-refractivity contribution is 7.22. The smallest absolute Gasteiger partial charge is 0.257 e. The Morgan fingerprint density at radius 2 is 1.72 bits per heavy atom. The van der Waals surface area contributed by atoms with E-state index in [1.807, 2.05) is 29.6 Å². The molecule has 2 heterocycles. The van der Waals surface area contributed by atoms with Gasteiger partial charge < -0.3 is 14.2 Å². The molecule has 9 heteroatoms.